The quantitative estimate of drug-likeness (QED) is 0.800. The van der Waals surface area contributed by atoms with Crippen LogP contribution >= 0.6 is 22.9 Å². The molecule has 0 fully saturated rings. The van der Waals surface area contributed by atoms with E-state index in [0.29, 0.717) is 16.5 Å². The molecule has 3 aliphatic rings. The van der Waals surface area contributed by atoms with E-state index in [9.17, 15) is 4.79 Å². The third-order valence-electron chi connectivity index (χ3n) is 4.83. The zero-order valence-electron chi connectivity index (χ0n) is 13.5. The lowest BCUT2D eigenvalue weighted by Gasteiger charge is -2.28. The van der Waals surface area contributed by atoms with Crippen molar-refractivity contribution >= 4 is 33.8 Å². The van der Waals surface area contributed by atoms with Gasteiger partial charge in [0.2, 0.25) is 6.79 Å². The molecule has 0 aliphatic carbocycles. The van der Waals surface area contributed by atoms with Gasteiger partial charge in [-0.15, -0.1) is 11.3 Å². The minimum absolute atomic E-state index is 0.0467. The third kappa shape index (κ3) is 2.38. The van der Waals surface area contributed by atoms with Crippen molar-refractivity contribution in [2.24, 2.45) is 0 Å². The number of thiophene rings is 1. The largest absolute Gasteiger partial charge is 0.454 e. The molecule has 1 atom stereocenters. The summed E-state index contributed by atoms with van der Waals surface area (Å²) >= 11 is 8.07. The first-order chi connectivity index (χ1) is 12.1. The number of amides is 1. The maximum Gasteiger partial charge on any atom is 0.256 e. The van der Waals surface area contributed by atoms with Gasteiger partial charge in [-0.1, -0.05) is 11.6 Å². The molecule has 4 heterocycles. The van der Waals surface area contributed by atoms with Crippen LogP contribution in [0.4, 0.5) is 5.00 Å². The van der Waals surface area contributed by atoms with Gasteiger partial charge in [-0.25, -0.2) is 0 Å². The fourth-order valence-corrected chi connectivity index (χ4v) is 5.17. The zero-order chi connectivity index (χ0) is 17.1. The Morgan fingerprint density at radius 1 is 1.28 bits per heavy atom. The number of carbonyl (C=O) groups is 1. The lowest BCUT2D eigenvalue weighted by molar-refractivity contribution is 0.0934. The molecule has 5 rings (SSSR count). The number of benzene rings is 1. The van der Waals surface area contributed by atoms with Crippen molar-refractivity contribution in [2.75, 3.05) is 25.7 Å². The van der Waals surface area contributed by atoms with Crippen molar-refractivity contribution < 1.29 is 14.3 Å². The highest BCUT2D eigenvalue weighted by atomic mass is 35.5. The Morgan fingerprint density at radius 3 is 2.92 bits per heavy atom. The summed E-state index contributed by atoms with van der Waals surface area (Å²) in [5.74, 6) is 1.23. The molecular formula is C17H16ClN3O3S. The van der Waals surface area contributed by atoms with E-state index in [2.05, 4.69) is 22.6 Å². The van der Waals surface area contributed by atoms with Gasteiger partial charge in [0, 0.05) is 29.6 Å². The molecule has 2 aromatic rings. The topological polar surface area (TPSA) is 62.8 Å². The number of hydrogen-bond acceptors (Lipinski definition) is 6. The van der Waals surface area contributed by atoms with Gasteiger partial charge in [-0.2, -0.15) is 0 Å². The monoisotopic (exact) mass is 377 g/mol. The van der Waals surface area contributed by atoms with E-state index in [-0.39, 0.29) is 18.9 Å². The molecule has 0 bridgehead atoms. The van der Waals surface area contributed by atoms with Crippen LogP contribution in [0.1, 0.15) is 32.5 Å². The highest BCUT2D eigenvalue weighted by Crippen LogP contribution is 2.43. The van der Waals surface area contributed by atoms with Gasteiger partial charge in [0.25, 0.3) is 5.91 Å². The average molecular weight is 378 g/mol. The summed E-state index contributed by atoms with van der Waals surface area (Å²) < 4.78 is 10.8. The fourth-order valence-electron chi connectivity index (χ4n) is 3.55. The SMILES string of the molecule is CN1CCc2c(sc3c2C(=O)N[C@@H](c2cc4c(cc2Cl)OCO4)N3)C1. The summed E-state index contributed by atoms with van der Waals surface area (Å²) in [6, 6.07) is 3.56. The minimum atomic E-state index is -0.389. The molecule has 6 nitrogen and oxygen atoms in total. The maximum absolute atomic E-state index is 12.8. The Balaban J connectivity index is 1.52. The third-order valence-corrected chi connectivity index (χ3v) is 6.30. The number of nitrogens with zero attached hydrogens (tertiary/aromatic N) is 1. The molecular weight excluding hydrogens is 362 g/mol. The van der Waals surface area contributed by atoms with Crippen molar-refractivity contribution in [3.05, 3.63) is 38.7 Å². The van der Waals surface area contributed by atoms with Crippen LogP contribution < -0.4 is 20.1 Å². The number of likely N-dealkylation sites (N-methyl/N-ethyl adjacent to an activating group) is 1. The molecule has 0 saturated carbocycles. The van der Waals surface area contributed by atoms with Crippen LogP contribution in [-0.2, 0) is 13.0 Å². The number of anilines is 1. The van der Waals surface area contributed by atoms with Gasteiger partial charge >= 0.3 is 0 Å². The summed E-state index contributed by atoms with van der Waals surface area (Å²) in [6.07, 6.45) is 0.516. The van der Waals surface area contributed by atoms with Gasteiger partial charge in [-0.05, 0) is 25.1 Å². The molecule has 0 radical (unpaired) electrons. The van der Waals surface area contributed by atoms with Crippen LogP contribution in [0.2, 0.25) is 5.02 Å². The Bertz CT molecular complexity index is 898. The predicted molar refractivity (Wildman–Crippen MR) is 95.8 cm³/mol. The smallest absolute Gasteiger partial charge is 0.256 e. The average Bonchev–Trinajstić information content (AvgIpc) is 3.16. The van der Waals surface area contributed by atoms with Crippen molar-refractivity contribution in [2.45, 2.75) is 19.1 Å². The number of ether oxygens (including phenoxy) is 2. The van der Waals surface area contributed by atoms with Crippen molar-refractivity contribution in [3.8, 4) is 11.5 Å². The number of fused-ring (bicyclic) bond motifs is 4. The molecule has 1 aromatic carbocycles. The van der Waals surface area contributed by atoms with Crippen LogP contribution in [0, 0.1) is 0 Å². The Hall–Kier alpha value is -1.96. The van der Waals surface area contributed by atoms with Crippen LogP contribution in [0.25, 0.3) is 0 Å². The molecule has 8 heteroatoms. The summed E-state index contributed by atoms with van der Waals surface area (Å²) in [6.45, 7) is 2.05. The molecule has 130 valence electrons. The normalized spacial score (nSPS) is 21.4. The number of halogens is 1. The fraction of sp³-hybridized carbons (Fsp3) is 0.353. The molecule has 1 amide bonds. The van der Waals surface area contributed by atoms with Crippen LogP contribution in [0.15, 0.2) is 12.1 Å². The molecule has 3 aliphatic heterocycles. The van der Waals surface area contributed by atoms with Crippen molar-refractivity contribution in [1.29, 1.82) is 0 Å². The number of carbonyl (C=O) groups excluding carboxylic acids is 1. The highest BCUT2D eigenvalue weighted by Gasteiger charge is 2.34. The molecule has 0 spiro atoms. The van der Waals surface area contributed by atoms with E-state index in [1.54, 1.807) is 17.4 Å². The molecule has 0 saturated heterocycles. The van der Waals surface area contributed by atoms with Crippen LogP contribution in [0.5, 0.6) is 11.5 Å². The second kappa shape index (κ2) is 5.52. The summed E-state index contributed by atoms with van der Waals surface area (Å²) in [5.41, 5.74) is 2.74. The van der Waals surface area contributed by atoms with E-state index < -0.39 is 0 Å². The van der Waals surface area contributed by atoms with Crippen LogP contribution in [0.3, 0.4) is 0 Å². The highest BCUT2D eigenvalue weighted by molar-refractivity contribution is 7.16. The molecule has 0 unspecified atom stereocenters. The number of hydrogen-bond donors (Lipinski definition) is 2. The predicted octanol–water partition coefficient (Wildman–Crippen LogP) is 2.97. The Labute approximate surface area is 153 Å². The van der Waals surface area contributed by atoms with E-state index in [1.807, 2.05) is 6.07 Å². The van der Waals surface area contributed by atoms with Gasteiger partial charge in [0.1, 0.15) is 11.2 Å². The second-order valence-corrected chi connectivity index (χ2v) is 7.99. The van der Waals surface area contributed by atoms with E-state index in [0.717, 1.165) is 35.6 Å². The van der Waals surface area contributed by atoms with E-state index in [1.165, 1.54) is 10.4 Å². The minimum Gasteiger partial charge on any atom is -0.454 e. The van der Waals surface area contributed by atoms with Gasteiger partial charge < -0.3 is 25.0 Å². The van der Waals surface area contributed by atoms with E-state index in [4.69, 9.17) is 21.1 Å². The first-order valence-corrected chi connectivity index (χ1v) is 9.29. The second-order valence-electron chi connectivity index (χ2n) is 6.47. The first kappa shape index (κ1) is 15.3. The van der Waals surface area contributed by atoms with Crippen molar-refractivity contribution in [1.82, 2.24) is 10.2 Å². The van der Waals surface area contributed by atoms with Gasteiger partial charge in [0.05, 0.1) is 10.6 Å². The summed E-state index contributed by atoms with van der Waals surface area (Å²) in [7, 11) is 2.10. The molecule has 2 N–H and O–H groups in total. The Morgan fingerprint density at radius 2 is 2.08 bits per heavy atom. The molecule has 25 heavy (non-hydrogen) atoms. The Kier molecular flexibility index (Phi) is 3.38. The first-order valence-electron chi connectivity index (χ1n) is 8.09. The van der Waals surface area contributed by atoms with Gasteiger partial charge in [0.15, 0.2) is 11.5 Å². The molecule has 1 aromatic heterocycles. The number of rotatable bonds is 1. The summed E-state index contributed by atoms with van der Waals surface area (Å²) in [4.78, 5) is 16.3. The van der Waals surface area contributed by atoms with Crippen molar-refractivity contribution in [3.63, 3.8) is 0 Å². The standard InChI is InChI=1S/C17H16ClN3O3S/c1-21-3-2-8-13(6-21)25-17-14(8)16(22)19-15(20-17)9-4-11-12(5-10(9)18)24-7-23-11/h4-5,15,20H,2-3,6-7H2,1H3,(H,19,22)/t15-/m1/s1. The zero-order valence-corrected chi connectivity index (χ0v) is 15.1. The van der Waals surface area contributed by atoms with Crippen LogP contribution in [-0.4, -0.2) is 31.2 Å². The van der Waals surface area contributed by atoms with Gasteiger partial charge in [-0.3, -0.25) is 4.79 Å². The lowest BCUT2D eigenvalue weighted by atomic mass is 10.0. The number of nitrogens with one attached hydrogen (secondary N) is 2. The maximum atomic E-state index is 12.8. The lowest BCUT2D eigenvalue weighted by Crippen LogP contribution is -2.38. The summed E-state index contributed by atoms with van der Waals surface area (Å²) in [5, 5.41) is 7.92. The van der Waals surface area contributed by atoms with E-state index >= 15 is 0 Å².